The Labute approximate surface area is 157 Å². The molecule has 2 heterocycles. The summed E-state index contributed by atoms with van der Waals surface area (Å²) in [4.78, 5) is 8.34. The van der Waals surface area contributed by atoms with Gasteiger partial charge in [0, 0.05) is 45.8 Å². The van der Waals surface area contributed by atoms with Gasteiger partial charge in [0.1, 0.15) is 18.0 Å². The monoisotopic (exact) mass is 384 g/mol. The first-order chi connectivity index (χ1) is 12.1. The van der Waals surface area contributed by atoms with Gasteiger partial charge in [0.25, 0.3) is 0 Å². The van der Waals surface area contributed by atoms with Gasteiger partial charge in [-0.25, -0.2) is 4.98 Å². The van der Waals surface area contributed by atoms with Crippen LogP contribution in [0.15, 0.2) is 23.6 Å². The maximum absolute atomic E-state index is 6.06. The summed E-state index contributed by atoms with van der Waals surface area (Å²) in [6, 6.07) is 1.65. The topological polar surface area (TPSA) is 92.0 Å². The van der Waals surface area contributed by atoms with Crippen LogP contribution in [0.3, 0.4) is 0 Å². The number of pyridine rings is 1. The average Bonchev–Trinajstić information content (AvgIpc) is 3.06. The highest BCUT2D eigenvalue weighted by atomic mass is 35.5. The van der Waals surface area contributed by atoms with Crippen molar-refractivity contribution in [2.24, 2.45) is 4.99 Å². The van der Waals surface area contributed by atoms with Crippen LogP contribution in [0, 0.1) is 0 Å². The molecule has 0 aliphatic heterocycles. The average molecular weight is 385 g/mol. The minimum atomic E-state index is 0.496. The molecular formula is C15H22Cl2N8. The summed E-state index contributed by atoms with van der Waals surface area (Å²) in [6.45, 7) is 4.86. The highest BCUT2D eigenvalue weighted by Gasteiger charge is 2.04. The van der Waals surface area contributed by atoms with E-state index in [0.717, 1.165) is 31.3 Å². The normalized spacial score (nSPS) is 11.4. The first-order valence-electron chi connectivity index (χ1n) is 8.00. The zero-order chi connectivity index (χ0) is 18.1. The lowest BCUT2D eigenvalue weighted by Crippen LogP contribution is -2.40. The smallest absolute Gasteiger partial charge is 0.191 e. The van der Waals surface area contributed by atoms with Crippen molar-refractivity contribution in [3.8, 4) is 0 Å². The van der Waals surface area contributed by atoms with Gasteiger partial charge in [-0.3, -0.25) is 4.99 Å². The summed E-state index contributed by atoms with van der Waals surface area (Å²) in [5.41, 5.74) is 0. The molecule has 2 aromatic heterocycles. The van der Waals surface area contributed by atoms with Crippen molar-refractivity contribution in [3.63, 3.8) is 0 Å². The Hall–Kier alpha value is -2.06. The molecular weight excluding hydrogens is 363 g/mol. The second-order valence-corrected chi connectivity index (χ2v) is 5.97. The van der Waals surface area contributed by atoms with E-state index in [9.17, 15) is 0 Å². The van der Waals surface area contributed by atoms with Crippen LogP contribution in [0.1, 0.15) is 12.7 Å². The van der Waals surface area contributed by atoms with Crippen molar-refractivity contribution in [1.82, 2.24) is 30.4 Å². The molecule has 0 atom stereocenters. The molecule has 0 amide bonds. The molecule has 10 heteroatoms. The number of hydrogen-bond donors (Lipinski definition) is 3. The molecule has 8 nitrogen and oxygen atoms in total. The van der Waals surface area contributed by atoms with Crippen molar-refractivity contribution in [2.45, 2.75) is 19.9 Å². The molecule has 136 valence electrons. The summed E-state index contributed by atoms with van der Waals surface area (Å²) >= 11 is 11.9. The molecule has 0 bridgehead atoms. The number of aromatic nitrogens is 4. The van der Waals surface area contributed by atoms with E-state index >= 15 is 0 Å². The minimum Gasteiger partial charge on any atom is -0.367 e. The number of rotatable bonds is 8. The first-order valence-corrected chi connectivity index (χ1v) is 8.75. The van der Waals surface area contributed by atoms with E-state index in [2.05, 4.69) is 43.0 Å². The fraction of sp³-hybridized carbons (Fsp3) is 0.467. The van der Waals surface area contributed by atoms with Gasteiger partial charge in [-0.1, -0.05) is 30.1 Å². The number of guanidine groups is 1. The molecule has 25 heavy (non-hydrogen) atoms. The lowest BCUT2D eigenvalue weighted by molar-refractivity contribution is 0.633. The number of nitrogens with zero attached hydrogens (tertiary/aromatic N) is 5. The minimum absolute atomic E-state index is 0.496. The standard InChI is InChI=1S/C15H22Cl2N8/c1-3-13-24-23-10-25(13)7-6-21-15(18-2)20-5-4-19-14-12(17)8-11(16)9-22-14/h8-10H,3-7H2,1-2H3,(H,19,22)(H2,18,20,21). The lowest BCUT2D eigenvalue weighted by atomic mass is 10.4. The molecule has 2 aromatic rings. The highest BCUT2D eigenvalue weighted by Crippen LogP contribution is 2.21. The van der Waals surface area contributed by atoms with Gasteiger partial charge in [-0.05, 0) is 6.07 Å². The molecule has 2 rings (SSSR count). The van der Waals surface area contributed by atoms with Gasteiger partial charge in [-0.15, -0.1) is 10.2 Å². The third-order valence-corrected chi connectivity index (χ3v) is 3.89. The second-order valence-electron chi connectivity index (χ2n) is 5.13. The Morgan fingerprint density at radius 1 is 1.24 bits per heavy atom. The van der Waals surface area contributed by atoms with E-state index in [1.807, 2.05) is 4.57 Å². The van der Waals surface area contributed by atoms with Gasteiger partial charge < -0.3 is 20.5 Å². The summed E-state index contributed by atoms with van der Waals surface area (Å²) in [5.74, 6) is 2.31. The maximum atomic E-state index is 6.06. The zero-order valence-corrected chi connectivity index (χ0v) is 15.8. The highest BCUT2D eigenvalue weighted by molar-refractivity contribution is 6.35. The molecule has 3 N–H and O–H groups in total. The fourth-order valence-corrected chi connectivity index (χ4v) is 2.61. The lowest BCUT2D eigenvalue weighted by Gasteiger charge is -2.13. The van der Waals surface area contributed by atoms with Gasteiger partial charge in [0.2, 0.25) is 0 Å². The zero-order valence-electron chi connectivity index (χ0n) is 14.3. The largest absolute Gasteiger partial charge is 0.367 e. The quantitative estimate of drug-likeness (QED) is 0.365. The van der Waals surface area contributed by atoms with Crippen LogP contribution < -0.4 is 16.0 Å². The maximum Gasteiger partial charge on any atom is 0.191 e. The van der Waals surface area contributed by atoms with Crippen molar-refractivity contribution < 1.29 is 0 Å². The summed E-state index contributed by atoms with van der Waals surface area (Å²) in [6.07, 6.45) is 4.16. The van der Waals surface area contributed by atoms with Gasteiger partial charge in [-0.2, -0.15) is 0 Å². The molecule has 0 fully saturated rings. The predicted octanol–water partition coefficient (Wildman–Crippen LogP) is 1.82. The Morgan fingerprint density at radius 3 is 2.76 bits per heavy atom. The van der Waals surface area contributed by atoms with Crippen LogP contribution in [0.4, 0.5) is 5.82 Å². The molecule has 0 saturated heterocycles. The Bertz CT molecular complexity index is 701. The third-order valence-electron chi connectivity index (χ3n) is 3.40. The van der Waals surface area contributed by atoms with Gasteiger partial charge in [0.15, 0.2) is 5.96 Å². The van der Waals surface area contributed by atoms with E-state index in [4.69, 9.17) is 23.2 Å². The molecule has 0 saturated carbocycles. The molecule has 0 aromatic carbocycles. The van der Waals surface area contributed by atoms with Crippen molar-refractivity contribution in [3.05, 3.63) is 34.5 Å². The van der Waals surface area contributed by atoms with E-state index in [1.54, 1.807) is 25.6 Å². The number of nitrogens with one attached hydrogen (secondary N) is 3. The Morgan fingerprint density at radius 2 is 2.04 bits per heavy atom. The number of anilines is 1. The molecule has 0 unspecified atom stereocenters. The predicted molar refractivity (Wildman–Crippen MR) is 102 cm³/mol. The second kappa shape index (κ2) is 10.0. The third kappa shape index (κ3) is 6.06. The fourth-order valence-electron chi connectivity index (χ4n) is 2.16. The van der Waals surface area contributed by atoms with Crippen molar-refractivity contribution in [1.29, 1.82) is 0 Å². The van der Waals surface area contributed by atoms with Crippen LogP contribution in [-0.2, 0) is 13.0 Å². The van der Waals surface area contributed by atoms with Crippen molar-refractivity contribution in [2.75, 3.05) is 32.0 Å². The van der Waals surface area contributed by atoms with Gasteiger partial charge >= 0.3 is 0 Å². The van der Waals surface area contributed by atoms with Crippen LogP contribution in [-0.4, -0.2) is 52.4 Å². The van der Waals surface area contributed by atoms with Crippen molar-refractivity contribution >= 4 is 35.0 Å². The Balaban J connectivity index is 1.68. The van der Waals surface area contributed by atoms with E-state index in [-0.39, 0.29) is 0 Å². The van der Waals surface area contributed by atoms with E-state index in [1.165, 1.54) is 0 Å². The van der Waals surface area contributed by atoms with Crippen LogP contribution in [0.2, 0.25) is 10.0 Å². The molecule has 0 radical (unpaired) electrons. The Kier molecular flexibility index (Phi) is 7.75. The molecule has 0 spiro atoms. The van der Waals surface area contributed by atoms with Crippen LogP contribution in [0.5, 0.6) is 0 Å². The molecule has 0 aliphatic rings. The van der Waals surface area contributed by atoms with Crippen LogP contribution >= 0.6 is 23.2 Å². The SMILES string of the molecule is CCc1nncn1CCNC(=NC)NCCNc1ncc(Cl)cc1Cl. The van der Waals surface area contributed by atoms with Crippen LogP contribution in [0.25, 0.3) is 0 Å². The number of aliphatic imine (C=N–C) groups is 1. The number of halogens is 2. The van der Waals surface area contributed by atoms with E-state index in [0.29, 0.717) is 29.0 Å². The number of aryl methyl sites for hydroxylation is 1. The molecule has 0 aliphatic carbocycles. The number of hydrogen-bond acceptors (Lipinski definition) is 5. The summed E-state index contributed by atoms with van der Waals surface area (Å²) < 4.78 is 2.02. The van der Waals surface area contributed by atoms with Gasteiger partial charge in [0.05, 0.1) is 10.0 Å². The van der Waals surface area contributed by atoms with E-state index < -0.39 is 0 Å². The summed E-state index contributed by atoms with van der Waals surface area (Å²) in [5, 5.41) is 18.6. The summed E-state index contributed by atoms with van der Waals surface area (Å²) in [7, 11) is 1.73. The first kappa shape index (κ1) is 19.3.